The first kappa shape index (κ1) is 20.1. The molecule has 8 nitrogen and oxygen atoms in total. The minimum atomic E-state index is -4.60. The van der Waals surface area contributed by atoms with E-state index in [9.17, 15) is 23.3 Å². The summed E-state index contributed by atoms with van der Waals surface area (Å²) in [5.41, 5.74) is -1.41. The van der Waals surface area contributed by atoms with Crippen LogP contribution in [0.25, 0.3) is 0 Å². The fourth-order valence-corrected chi connectivity index (χ4v) is 3.25. The lowest BCUT2D eigenvalue weighted by Gasteiger charge is -2.31. The standard InChI is InChI=1S/C16H16ClF3N6O2/c1-9-3-2-4-25(7-9)15-12(26(27)28)14(22-8-23-15)24-13-11(17)5-10(6-21-13)16(18,19)20/h5-6,8-9H,2-4,7H2,1H3,(H,21,22,23,24). The third-order valence-corrected chi connectivity index (χ3v) is 4.64. The fraction of sp³-hybridized carbons (Fsp3) is 0.438. The van der Waals surface area contributed by atoms with Crippen LogP contribution in [0.5, 0.6) is 0 Å². The molecule has 3 heterocycles. The van der Waals surface area contributed by atoms with Crippen molar-refractivity contribution in [2.24, 2.45) is 5.92 Å². The maximum atomic E-state index is 12.8. The number of nitrogens with zero attached hydrogens (tertiary/aromatic N) is 5. The van der Waals surface area contributed by atoms with Crippen LogP contribution in [0, 0.1) is 16.0 Å². The van der Waals surface area contributed by atoms with Gasteiger partial charge in [-0.2, -0.15) is 13.2 Å². The maximum Gasteiger partial charge on any atom is 0.417 e. The number of piperidine rings is 1. The molecule has 1 aliphatic rings. The Kier molecular flexibility index (Phi) is 5.54. The van der Waals surface area contributed by atoms with Crippen LogP contribution in [0.2, 0.25) is 5.02 Å². The van der Waals surface area contributed by atoms with Gasteiger partial charge in [0.05, 0.1) is 15.5 Å². The summed E-state index contributed by atoms with van der Waals surface area (Å²) in [6.45, 7) is 3.27. The van der Waals surface area contributed by atoms with Gasteiger partial charge in [-0.3, -0.25) is 10.1 Å². The Morgan fingerprint density at radius 3 is 2.68 bits per heavy atom. The predicted octanol–water partition coefficient (Wildman–Crippen LogP) is 4.43. The highest BCUT2D eigenvalue weighted by Gasteiger charge is 2.33. The Hall–Kier alpha value is -2.69. The Balaban J connectivity index is 1.96. The minimum absolute atomic E-state index is 0.150. The molecule has 28 heavy (non-hydrogen) atoms. The summed E-state index contributed by atoms with van der Waals surface area (Å²) in [4.78, 5) is 24.4. The first-order valence-electron chi connectivity index (χ1n) is 8.41. The van der Waals surface area contributed by atoms with E-state index in [1.54, 1.807) is 4.90 Å². The van der Waals surface area contributed by atoms with E-state index in [1.807, 2.05) is 6.92 Å². The zero-order valence-corrected chi connectivity index (χ0v) is 15.5. The summed E-state index contributed by atoms with van der Waals surface area (Å²) in [6, 6.07) is 0.692. The van der Waals surface area contributed by atoms with Crippen LogP contribution in [-0.4, -0.2) is 33.0 Å². The molecular weight excluding hydrogens is 401 g/mol. The van der Waals surface area contributed by atoms with Gasteiger partial charge in [0.1, 0.15) is 6.33 Å². The minimum Gasteiger partial charge on any atom is -0.350 e. The highest BCUT2D eigenvalue weighted by molar-refractivity contribution is 6.33. The Morgan fingerprint density at radius 2 is 2.07 bits per heavy atom. The lowest BCUT2D eigenvalue weighted by atomic mass is 10.0. The SMILES string of the molecule is CC1CCCN(c2ncnc(Nc3ncc(C(F)(F)F)cc3Cl)c2[N+](=O)[O-])C1. The van der Waals surface area contributed by atoms with Gasteiger partial charge in [0.2, 0.25) is 11.6 Å². The van der Waals surface area contributed by atoms with Crippen molar-refractivity contribution in [1.29, 1.82) is 0 Å². The van der Waals surface area contributed by atoms with Crippen LogP contribution in [0.1, 0.15) is 25.3 Å². The Morgan fingerprint density at radius 1 is 1.32 bits per heavy atom. The molecule has 1 atom stereocenters. The molecule has 2 aromatic heterocycles. The van der Waals surface area contributed by atoms with E-state index in [1.165, 1.54) is 0 Å². The molecule has 150 valence electrons. The molecular formula is C16H16ClF3N6O2. The molecule has 1 saturated heterocycles. The Bertz CT molecular complexity index is 895. The number of nitro groups is 1. The molecule has 0 amide bonds. The summed E-state index contributed by atoms with van der Waals surface area (Å²) in [7, 11) is 0. The molecule has 12 heteroatoms. The molecule has 0 saturated carbocycles. The van der Waals surface area contributed by atoms with E-state index in [4.69, 9.17) is 11.6 Å². The summed E-state index contributed by atoms with van der Waals surface area (Å²) in [6.07, 6.45) is -0.965. The lowest BCUT2D eigenvalue weighted by Crippen LogP contribution is -2.35. The highest BCUT2D eigenvalue weighted by Crippen LogP contribution is 2.37. The van der Waals surface area contributed by atoms with Crippen molar-refractivity contribution in [2.45, 2.75) is 25.9 Å². The molecule has 0 spiro atoms. The summed E-state index contributed by atoms with van der Waals surface area (Å²) >= 11 is 5.88. The lowest BCUT2D eigenvalue weighted by molar-refractivity contribution is -0.383. The molecule has 0 aliphatic carbocycles. The van der Waals surface area contributed by atoms with Crippen LogP contribution in [0.3, 0.4) is 0 Å². The number of anilines is 3. The smallest absolute Gasteiger partial charge is 0.350 e. The maximum absolute atomic E-state index is 12.8. The molecule has 0 radical (unpaired) electrons. The van der Waals surface area contributed by atoms with Gasteiger partial charge in [0, 0.05) is 19.3 Å². The second-order valence-corrected chi connectivity index (χ2v) is 6.93. The van der Waals surface area contributed by atoms with Gasteiger partial charge in [-0.1, -0.05) is 18.5 Å². The van der Waals surface area contributed by atoms with Crippen molar-refractivity contribution >= 4 is 34.7 Å². The van der Waals surface area contributed by atoms with E-state index in [0.29, 0.717) is 31.3 Å². The van der Waals surface area contributed by atoms with Crippen LogP contribution < -0.4 is 10.2 Å². The molecule has 1 unspecified atom stereocenters. The number of alkyl halides is 3. The molecule has 0 bridgehead atoms. The monoisotopic (exact) mass is 416 g/mol. The average molecular weight is 417 g/mol. The van der Waals surface area contributed by atoms with E-state index < -0.39 is 16.7 Å². The van der Waals surface area contributed by atoms with Gasteiger partial charge in [-0.15, -0.1) is 0 Å². The first-order chi connectivity index (χ1) is 13.2. The number of nitrogens with one attached hydrogen (secondary N) is 1. The molecule has 1 aliphatic heterocycles. The third kappa shape index (κ3) is 4.24. The van der Waals surface area contributed by atoms with E-state index in [0.717, 1.165) is 19.2 Å². The number of rotatable bonds is 4. The summed E-state index contributed by atoms with van der Waals surface area (Å²) in [5.74, 6) is 0.139. The van der Waals surface area contributed by atoms with Gasteiger partial charge >= 0.3 is 11.9 Å². The van der Waals surface area contributed by atoms with Gasteiger partial charge in [-0.05, 0) is 24.8 Å². The molecule has 3 rings (SSSR count). The average Bonchev–Trinajstić information content (AvgIpc) is 2.62. The van der Waals surface area contributed by atoms with Crippen LogP contribution in [-0.2, 0) is 6.18 Å². The molecule has 2 aromatic rings. The van der Waals surface area contributed by atoms with Crippen molar-refractivity contribution in [3.05, 3.63) is 39.3 Å². The van der Waals surface area contributed by atoms with E-state index >= 15 is 0 Å². The van der Waals surface area contributed by atoms with E-state index in [2.05, 4.69) is 20.3 Å². The molecule has 1 N–H and O–H groups in total. The number of aromatic nitrogens is 3. The second kappa shape index (κ2) is 7.74. The second-order valence-electron chi connectivity index (χ2n) is 6.52. The first-order valence-corrected chi connectivity index (χ1v) is 8.78. The van der Waals surface area contributed by atoms with Crippen molar-refractivity contribution in [2.75, 3.05) is 23.3 Å². The number of halogens is 4. The van der Waals surface area contributed by atoms with Gasteiger partial charge in [0.15, 0.2) is 5.82 Å². The predicted molar refractivity (Wildman–Crippen MR) is 96.8 cm³/mol. The zero-order valence-electron chi connectivity index (χ0n) is 14.7. The van der Waals surface area contributed by atoms with Crippen molar-refractivity contribution in [3.8, 4) is 0 Å². The van der Waals surface area contributed by atoms with Crippen molar-refractivity contribution in [1.82, 2.24) is 15.0 Å². The van der Waals surface area contributed by atoms with E-state index in [-0.39, 0.29) is 28.2 Å². The summed E-state index contributed by atoms with van der Waals surface area (Å²) in [5, 5.41) is 13.9. The van der Waals surface area contributed by atoms with Crippen LogP contribution in [0.4, 0.5) is 36.3 Å². The number of pyridine rings is 1. The van der Waals surface area contributed by atoms with Crippen LogP contribution >= 0.6 is 11.6 Å². The molecule has 0 aromatic carbocycles. The van der Waals surface area contributed by atoms with Crippen molar-refractivity contribution in [3.63, 3.8) is 0 Å². The number of hydrogen-bond donors (Lipinski definition) is 1. The quantitative estimate of drug-likeness (QED) is 0.581. The van der Waals surface area contributed by atoms with Gasteiger partial charge in [-0.25, -0.2) is 15.0 Å². The largest absolute Gasteiger partial charge is 0.417 e. The van der Waals surface area contributed by atoms with Gasteiger partial charge < -0.3 is 10.2 Å². The Labute approximate surface area is 162 Å². The zero-order chi connectivity index (χ0) is 20.5. The highest BCUT2D eigenvalue weighted by atomic mass is 35.5. The number of hydrogen-bond acceptors (Lipinski definition) is 7. The van der Waals surface area contributed by atoms with Gasteiger partial charge in [0.25, 0.3) is 0 Å². The van der Waals surface area contributed by atoms with Crippen LogP contribution in [0.15, 0.2) is 18.6 Å². The topological polar surface area (TPSA) is 97.1 Å². The fourth-order valence-electron chi connectivity index (χ4n) is 3.04. The van der Waals surface area contributed by atoms with Crippen molar-refractivity contribution < 1.29 is 18.1 Å². The summed E-state index contributed by atoms with van der Waals surface area (Å²) < 4.78 is 38.3. The normalized spacial score (nSPS) is 17.5. The third-order valence-electron chi connectivity index (χ3n) is 4.35. The molecule has 1 fully saturated rings.